The molecule has 0 bridgehead atoms. The Morgan fingerprint density at radius 2 is 1.83 bits per heavy atom. The van der Waals surface area contributed by atoms with E-state index in [2.05, 4.69) is 42.5 Å². The Balaban J connectivity index is 1.48. The molecule has 0 fully saturated rings. The molecule has 0 aromatic carbocycles. The lowest BCUT2D eigenvalue weighted by molar-refractivity contribution is 0.804. The van der Waals surface area contributed by atoms with Crippen molar-refractivity contribution in [1.82, 2.24) is 24.9 Å². The second-order valence-electron chi connectivity index (χ2n) is 6.80. The number of nitrogens with one attached hydrogen (secondary N) is 2. The number of nitrogens with zero attached hydrogens (tertiary/aromatic N) is 5. The van der Waals surface area contributed by atoms with Crippen molar-refractivity contribution >= 4 is 22.7 Å². The van der Waals surface area contributed by atoms with Crippen LogP contribution in [0.25, 0.3) is 22.3 Å². The maximum Gasteiger partial charge on any atom is 0.129 e. The molecule has 29 heavy (non-hydrogen) atoms. The van der Waals surface area contributed by atoms with Crippen molar-refractivity contribution in [2.24, 2.45) is 0 Å². The van der Waals surface area contributed by atoms with Crippen LogP contribution in [0.4, 0.5) is 11.6 Å². The third-order valence-electron chi connectivity index (χ3n) is 4.73. The topological polar surface area (TPSA) is 88.5 Å². The van der Waals surface area contributed by atoms with E-state index >= 15 is 0 Å². The summed E-state index contributed by atoms with van der Waals surface area (Å²) in [7, 11) is 0. The van der Waals surface area contributed by atoms with Crippen molar-refractivity contribution in [2.45, 2.75) is 19.8 Å². The average molecular weight is 385 g/mol. The van der Waals surface area contributed by atoms with Gasteiger partial charge in [-0.05, 0) is 42.8 Å². The van der Waals surface area contributed by atoms with Gasteiger partial charge in [0.15, 0.2) is 0 Å². The van der Waals surface area contributed by atoms with E-state index in [9.17, 15) is 0 Å². The van der Waals surface area contributed by atoms with E-state index in [1.165, 1.54) is 5.56 Å². The number of aromatic nitrogens is 5. The monoisotopic (exact) mass is 385 g/mol. The molecule has 0 saturated heterocycles. The van der Waals surface area contributed by atoms with Crippen molar-refractivity contribution in [3.63, 3.8) is 0 Å². The number of pyridine rings is 3. The lowest BCUT2D eigenvalue weighted by atomic mass is 10.0. The molecule has 2 N–H and O–H groups in total. The van der Waals surface area contributed by atoms with Gasteiger partial charge in [0.1, 0.15) is 18.0 Å². The lowest BCUT2D eigenvalue weighted by Gasteiger charge is -2.15. The van der Waals surface area contributed by atoms with E-state index in [0.717, 1.165) is 47.0 Å². The highest BCUT2D eigenvalue weighted by Gasteiger charge is 2.11. The van der Waals surface area contributed by atoms with Crippen LogP contribution in [0.5, 0.6) is 0 Å². The minimum absolute atomic E-state index is 0.245. The Kier molecular flexibility index (Phi) is 5.56. The molecular formula is C22H23N7. The molecule has 0 aliphatic rings. The van der Waals surface area contributed by atoms with Crippen molar-refractivity contribution in [2.75, 3.05) is 23.7 Å². The first-order valence-corrected chi connectivity index (χ1v) is 9.70. The zero-order valence-electron chi connectivity index (χ0n) is 16.5. The fourth-order valence-corrected chi connectivity index (χ4v) is 3.21. The van der Waals surface area contributed by atoms with E-state index in [1.54, 1.807) is 12.5 Å². The van der Waals surface area contributed by atoms with Crippen LogP contribution in [0.15, 0.2) is 61.3 Å². The summed E-state index contributed by atoms with van der Waals surface area (Å²) in [4.78, 5) is 22.0. The van der Waals surface area contributed by atoms with Gasteiger partial charge in [-0.1, -0.05) is 6.92 Å². The molecule has 4 rings (SSSR count). The summed E-state index contributed by atoms with van der Waals surface area (Å²) in [6, 6.07) is 11.8. The maximum atomic E-state index is 4.50. The van der Waals surface area contributed by atoms with Gasteiger partial charge >= 0.3 is 0 Å². The number of anilines is 2. The van der Waals surface area contributed by atoms with Crippen LogP contribution in [0.1, 0.15) is 25.3 Å². The van der Waals surface area contributed by atoms with Crippen LogP contribution >= 0.6 is 0 Å². The molecule has 0 unspecified atom stereocenters. The molecule has 0 spiro atoms. The molecule has 4 aromatic rings. The Morgan fingerprint density at radius 1 is 0.897 bits per heavy atom. The highest BCUT2D eigenvalue weighted by atomic mass is 15.0. The molecule has 0 aliphatic heterocycles. The standard InChI is InChI=1S/C22H23N7/c1-3-23-20-7-6-16(13-27-20)19-11-21(29-14-28-19)26-12-15(2)17-8-10-24-18-5-4-9-25-22(17)18/h4-11,13-15H,3,12H2,1-2H3,(H,23,27)(H,26,28,29)/t15-/m1/s1. The first-order valence-electron chi connectivity index (χ1n) is 9.70. The summed E-state index contributed by atoms with van der Waals surface area (Å²) < 4.78 is 0. The molecule has 4 aromatic heterocycles. The molecule has 1 atom stereocenters. The van der Waals surface area contributed by atoms with Gasteiger partial charge in [0.2, 0.25) is 0 Å². The number of rotatable bonds is 7. The highest BCUT2D eigenvalue weighted by Crippen LogP contribution is 2.23. The Bertz CT molecular complexity index is 1090. The van der Waals surface area contributed by atoms with Crippen LogP contribution < -0.4 is 10.6 Å². The maximum absolute atomic E-state index is 4.50. The van der Waals surface area contributed by atoms with Gasteiger partial charge < -0.3 is 10.6 Å². The first-order chi connectivity index (χ1) is 14.2. The summed E-state index contributed by atoms with van der Waals surface area (Å²) in [5.74, 6) is 1.88. The zero-order chi connectivity index (χ0) is 20.1. The van der Waals surface area contributed by atoms with E-state index in [0.29, 0.717) is 0 Å². The van der Waals surface area contributed by atoms with Gasteiger partial charge in [0, 0.05) is 49.2 Å². The zero-order valence-corrected chi connectivity index (χ0v) is 16.5. The fraction of sp³-hybridized carbons (Fsp3) is 0.227. The second-order valence-corrected chi connectivity index (χ2v) is 6.80. The SMILES string of the molecule is CCNc1ccc(-c2cc(NC[C@@H](C)c3ccnc4cccnc34)ncn2)cn1. The van der Waals surface area contributed by atoms with Gasteiger partial charge in [0.05, 0.1) is 16.7 Å². The molecule has 0 radical (unpaired) electrons. The number of hydrogen-bond acceptors (Lipinski definition) is 7. The number of hydrogen-bond donors (Lipinski definition) is 2. The average Bonchev–Trinajstić information content (AvgIpc) is 2.78. The first kappa shape index (κ1) is 18.7. The van der Waals surface area contributed by atoms with Gasteiger partial charge in [0.25, 0.3) is 0 Å². The molecule has 0 saturated carbocycles. The minimum Gasteiger partial charge on any atom is -0.370 e. The fourth-order valence-electron chi connectivity index (χ4n) is 3.21. The largest absolute Gasteiger partial charge is 0.370 e. The number of fused-ring (bicyclic) bond motifs is 1. The summed E-state index contributed by atoms with van der Waals surface area (Å²) in [5.41, 5.74) is 4.81. The molecule has 7 nitrogen and oxygen atoms in total. The summed E-state index contributed by atoms with van der Waals surface area (Å²) >= 11 is 0. The third kappa shape index (κ3) is 4.29. The van der Waals surface area contributed by atoms with Crippen molar-refractivity contribution in [1.29, 1.82) is 0 Å². The minimum atomic E-state index is 0.245. The second kappa shape index (κ2) is 8.60. The van der Waals surface area contributed by atoms with Crippen LogP contribution in [0, 0.1) is 0 Å². The van der Waals surface area contributed by atoms with E-state index in [4.69, 9.17) is 0 Å². The van der Waals surface area contributed by atoms with Crippen molar-refractivity contribution < 1.29 is 0 Å². The molecular weight excluding hydrogens is 362 g/mol. The van der Waals surface area contributed by atoms with Gasteiger partial charge in [-0.3, -0.25) is 9.97 Å². The predicted octanol–water partition coefficient (Wildman–Crippen LogP) is 4.13. The van der Waals surface area contributed by atoms with Crippen LogP contribution in [0.3, 0.4) is 0 Å². The van der Waals surface area contributed by atoms with E-state index < -0.39 is 0 Å². The lowest BCUT2D eigenvalue weighted by Crippen LogP contribution is -2.12. The predicted molar refractivity (Wildman–Crippen MR) is 116 cm³/mol. The molecule has 0 aliphatic carbocycles. The molecule has 0 amide bonds. The Labute approximate surface area is 169 Å². The summed E-state index contributed by atoms with van der Waals surface area (Å²) in [5, 5.41) is 6.61. The van der Waals surface area contributed by atoms with Gasteiger partial charge in [-0.25, -0.2) is 15.0 Å². The van der Waals surface area contributed by atoms with Gasteiger partial charge in [-0.2, -0.15) is 0 Å². The normalized spacial score (nSPS) is 11.9. The molecule has 146 valence electrons. The highest BCUT2D eigenvalue weighted by molar-refractivity contribution is 5.77. The third-order valence-corrected chi connectivity index (χ3v) is 4.73. The quantitative estimate of drug-likeness (QED) is 0.494. The smallest absolute Gasteiger partial charge is 0.129 e. The Morgan fingerprint density at radius 3 is 2.66 bits per heavy atom. The summed E-state index contributed by atoms with van der Waals surface area (Å²) in [6.45, 7) is 5.78. The van der Waals surface area contributed by atoms with Crippen molar-refractivity contribution in [3.8, 4) is 11.3 Å². The van der Waals surface area contributed by atoms with E-state index in [1.807, 2.05) is 55.7 Å². The summed E-state index contributed by atoms with van der Waals surface area (Å²) in [6.07, 6.45) is 7.04. The van der Waals surface area contributed by atoms with Crippen LogP contribution in [0.2, 0.25) is 0 Å². The van der Waals surface area contributed by atoms with Crippen molar-refractivity contribution in [3.05, 3.63) is 66.9 Å². The van der Waals surface area contributed by atoms with Crippen LogP contribution in [-0.2, 0) is 0 Å². The van der Waals surface area contributed by atoms with Gasteiger partial charge in [-0.15, -0.1) is 0 Å². The molecule has 7 heteroatoms. The van der Waals surface area contributed by atoms with E-state index in [-0.39, 0.29) is 5.92 Å². The Hall–Kier alpha value is -3.61. The van der Waals surface area contributed by atoms with Crippen LogP contribution in [-0.4, -0.2) is 38.0 Å². The molecule has 4 heterocycles.